The van der Waals surface area contributed by atoms with Crippen LogP contribution in [0.5, 0.6) is 0 Å². The molecule has 1 aromatic heterocycles. The van der Waals surface area contributed by atoms with E-state index in [-0.39, 0.29) is 0 Å². The van der Waals surface area contributed by atoms with Gasteiger partial charge in [-0.05, 0) is 24.6 Å². The minimum absolute atomic E-state index is 0.420. The highest BCUT2D eigenvalue weighted by Crippen LogP contribution is 2.31. The van der Waals surface area contributed by atoms with Crippen LogP contribution in [0.4, 0.5) is 4.79 Å². The number of urea groups is 1. The van der Waals surface area contributed by atoms with E-state index in [1.54, 1.807) is 13.0 Å². The van der Waals surface area contributed by atoms with Gasteiger partial charge in [-0.1, -0.05) is 30.3 Å². The summed E-state index contributed by atoms with van der Waals surface area (Å²) in [6.45, 7) is 1.64. The summed E-state index contributed by atoms with van der Waals surface area (Å²) in [4.78, 5) is 11.2. The first-order valence-electron chi connectivity index (χ1n) is 6.45. The van der Waals surface area contributed by atoms with E-state index in [2.05, 4.69) is 0 Å². The normalized spacial score (nSPS) is 12.5. The van der Waals surface area contributed by atoms with Crippen LogP contribution in [-0.2, 0) is 0 Å². The maximum Gasteiger partial charge on any atom is 0.365 e. The maximum atomic E-state index is 11.2. The Hall–Kier alpha value is -2.57. The molecule has 3 N–H and O–H groups in total. The van der Waals surface area contributed by atoms with E-state index >= 15 is 0 Å². The Balaban J connectivity index is 2.05. The van der Waals surface area contributed by atoms with E-state index in [4.69, 9.17) is 9.62 Å². The number of carbonyl (C=O) groups is 1. The van der Waals surface area contributed by atoms with Gasteiger partial charge in [-0.2, -0.15) is 5.06 Å². The summed E-state index contributed by atoms with van der Waals surface area (Å²) in [5, 5.41) is 20.6. The molecule has 1 atom stereocenters. The van der Waals surface area contributed by atoms with Crippen molar-refractivity contribution in [1.29, 1.82) is 0 Å². The van der Waals surface area contributed by atoms with Gasteiger partial charge < -0.3 is 4.42 Å². The zero-order chi connectivity index (χ0) is 15.0. The zero-order valence-corrected chi connectivity index (χ0v) is 11.3. The Morgan fingerprint density at radius 3 is 2.67 bits per heavy atom. The van der Waals surface area contributed by atoms with Crippen LogP contribution < -0.4 is 5.48 Å². The van der Waals surface area contributed by atoms with Crippen LogP contribution in [0.2, 0.25) is 0 Å². The molecule has 0 aliphatic rings. The van der Waals surface area contributed by atoms with Gasteiger partial charge in [0.1, 0.15) is 11.2 Å². The molecule has 0 radical (unpaired) electrons. The number of fused-ring (bicyclic) bond motifs is 3. The summed E-state index contributed by atoms with van der Waals surface area (Å²) in [5.74, 6) is 0. The third kappa shape index (κ3) is 2.20. The fraction of sp³-hybridized carbons (Fsp3) is 0.133. The first-order chi connectivity index (χ1) is 10.1. The molecule has 3 aromatic rings. The Morgan fingerprint density at radius 1 is 1.19 bits per heavy atom. The second-order valence-corrected chi connectivity index (χ2v) is 4.79. The lowest BCUT2D eigenvalue weighted by Crippen LogP contribution is -2.37. The number of rotatable bonds is 2. The third-order valence-electron chi connectivity index (χ3n) is 3.56. The summed E-state index contributed by atoms with van der Waals surface area (Å²) in [5.41, 5.74) is 3.54. The summed E-state index contributed by atoms with van der Waals surface area (Å²) < 4.78 is 5.76. The number of carbonyl (C=O) groups excluding carboxylic acids is 1. The summed E-state index contributed by atoms with van der Waals surface area (Å²) >= 11 is 0. The van der Waals surface area contributed by atoms with Gasteiger partial charge in [-0.25, -0.2) is 10.3 Å². The topological polar surface area (TPSA) is 85.9 Å². The van der Waals surface area contributed by atoms with Crippen molar-refractivity contribution in [3.8, 4) is 0 Å². The van der Waals surface area contributed by atoms with Crippen molar-refractivity contribution in [3.05, 3.63) is 48.0 Å². The molecule has 6 heteroatoms. The molecule has 2 amide bonds. The number of nitrogens with zero attached hydrogens (tertiary/aromatic N) is 1. The number of benzene rings is 2. The van der Waals surface area contributed by atoms with E-state index in [1.807, 2.05) is 36.4 Å². The highest BCUT2D eigenvalue weighted by atomic mass is 16.5. The molecule has 2 aromatic carbocycles. The van der Waals surface area contributed by atoms with Crippen LogP contribution in [-0.4, -0.2) is 21.5 Å². The van der Waals surface area contributed by atoms with Crippen molar-refractivity contribution in [2.75, 3.05) is 0 Å². The molecule has 0 aliphatic carbocycles. The maximum absolute atomic E-state index is 11.2. The van der Waals surface area contributed by atoms with Crippen molar-refractivity contribution in [2.45, 2.75) is 13.0 Å². The van der Waals surface area contributed by atoms with Gasteiger partial charge in [-0.3, -0.25) is 10.4 Å². The second-order valence-electron chi connectivity index (χ2n) is 4.79. The monoisotopic (exact) mass is 286 g/mol. The average Bonchev–Trinajstić information content (AvgIpc) is 2.90. The number of nitrogens with one attached hydrogen (secondary N) is 1. The van der Waals surface area contributed by atoms with Crippen molar-refractivity contribution < 1.29 is 19.6 Å². The van der Waals surface area contributed by atoms with Crippen LogP contribution in [0.25, 0.3) is 21.9 Å². The lowest BCUT2D eigenvalue weighted by molar-refractivity contribution is -0.0844. The Kier molecular flexibility index (Phi) is 3.25. The highest BCUT2D eigenvalue weighted by molar-refractivity contribution is 6.04. The lowest BCUT2D eigenvalue weighted by Gasteiger charge is -2.21. The lowest BCUT2D eigenvalue weighted by atomic mass is 10.1. The van der Waals surface area contributed by atoms with E-state index < -0.39 is 12.1 Å². The largest absolute Gasteiger partial charge is 0.456 e. The number of hydrogen-bond donors (Lipinski definition) is 3. The second kappa shape index (κ2) is 5.08. The van der Waals surface area contributed by atoms with Gasteiger partial charge in [0, 0.05) is 10.8 Å². The summed E-state index contributed by atoms with van der Waals surface area (Å²) in [6.07, 6.45) is 0. The molecular formula is C15H14N2O4. The fourth-order valence-electron chi connectivity index (χ4n) is 2.37. The van der Waals surface area contributed by atoms with Crippen molar-refractivity contribution in [1.82, 2.24) is 10.5 Å². The third-order valence-corrected chi connectivity index (χ3v) is 3.56. The molecule has 0 spiro atoms. The predicted molar refractivity (Wildman–Crippen MR) is 76.1 cm³/mol. The van der Waals surface area contributed by atoms with Crippen LogP contribution in [0.1, 0.15) is 18.5 Å². The van der Waals surface area contributed by atoms with Gasteiger partial charge in [0.15, 0.2) is 0 Å². The predicted octanol–water partition coefficient (Wildman–Crippen LogP) is 3.44. The molecule has 3 rings (SSSR count). The molecule has 21 heavy (non-hydrogen) atoms. The molecule has 0 saturated carbocycles. The summed E-state index contributed by atoms with van der Waals surface area (Å²) in [6, 6.07) is 11.5. The minimum atomic E-state index is -0.993. The quantitative estimate of drug-likeness (QED) is 0.497. The van der Waals surface area contributed by atoms with Crippen molar-refractivity contribution >= 4 is 28.0 Å². The Bertz CT molecular complexity index is 812. The molecule has 0 aliphatic heterocycles. The SMILES string of the molecule is CC(c1ccc2c(c1)oc1ccccc12)N(O)C(=O)NO. The van der Waals surface area contributed by atoms with Gasteiger partial charge >= 0.3 is 6.03 Å². The Morgan fingerprint density at radius 2 is 1.90 bits per heavy atom. The number of amides is 2. The number of hydrogen-bond acceptors (Lipinski definition) is 4. The van der Waals surface area contributed by atoms with E-state index in [0.29, 0.717) is 16.2 Å². The van der Waals surface area contributed by atoms with Gasteiger partial charge in [0.2, 0.25) is 0 Å². The zero-order valence-electron chi connectivity index (χ0n) is 11.3. The summed E-state index contributed by atoms with van der Waals surface area (Å²) in [7, 11) is 0. The van der Waals surface area contributed by atoms with E-state index in [9.17, 15) is 10.0 Å². The minimum Gasteiger partial charge on any atom is -0.456 e. The van der Waals surface area contributed by atoms with Crippen LogP contribution in [0.3, 0.4) is 0 Å². The van der Waals surface area contributed by atoms with Gasteiger partial charge in [0.25, 0.3) is 0 Å². The number of furan rings is 1. The molecule has 0 bridgehead atoms. The smallest absolute Gasteiger partial charge is 0.365 e. The standard InChI is InChI=1S/C15H14N2O4/c1-9(17(20)15(18)16-19)10-6-7-12-11-4-2-3-5-13(11)21-14(12)8-10/h2-9,19-20H,1H3,(H,16,18). The van der Waals surface area contributed by atoms with Gasteiger partial charge in [0.05, 0.1) is 6.04 Å². The molecule has 6 nitrogen and oxygen atoms in total. The molecular weight excluding hydrogens is 272 g/mol. The fourth-order valence-corrected chi connectivity index (χ4v) is 2.37. The first-order valence-corrected chi connectivity index (χ1v) is 6.45. The molecule has 108 valence electrons. The molecule has 1 unspecified atom stereocenters. The van der Waals surface area contributed by atoms with Crippen LogP contribution in [0, 0.1) is 0 Å². The molecule has 0 fully saturated rings. The Labute approximate surface area is 120 Å². The first kappa shape index (κ1) is 13.4. The molecule has 0 saturated heterocycles. The highest BCUT2D eigenvalue weighted by Gasteiger charge is 2.20. The van der Waals surface area contributed by atoms with E-state index in [0.717, 1.165) is 16.4 Å². The molecule has 1 heterocycles. The van der Waals surface area contributed by atoms with Crippen LogP contribution >= 0.6 is 0 Å². The van der Waals surface area contributed by atoms with Crippen LogP contribution in [0.15, 0.2) is 46.9 Å². The van der Waals surface area contributed by atoms with Gasteiger partial charge in [-0.15, -0.1) is 0 Å². The number of para-hydroxylation sites is 1. The number of hydroxylamine groups is 3. The van der Waals surface area contributed by atoms with E-state index in [1.165, 1.54) is 5.48 Å². The van der Waals surface area contributed by atoms with Crippen molar-refractivity contribution in [3.63, 3.8) is 0 Å². The average molecular weight is 286 g/mol. The van der Waals surface area contributed by atoms with Crippen molar-refractivity contribution in [2.24, 2.45) is 0 Å².